The second-order valence-electron chi connectivity index (χ2n) is 5.93. The number of aryl methyl sites for hydroxylation is 1. The average molecular weight is 515 g/mol. The maximum atomic E-state index is 11.9. The smallest absolute Gasteiger partial charge is 0.277 e. The molecule has 0 atom stereocenters. The van der Waals surface area contributed by atoms with Crippen LogP contribution >= 0.6 is 38.5 Å². The van der Waals surface area contributed by atoms with Crippen LogP contribution in [0, 0.1) is 10.5 Å². The highest BCUT2D eigenvalue weighted by Gasteiger charge is 2.12. The molecule has 1 amide bonds. The van der Waals surface area contributed by atoms with Gasteiger partial charge in [-0.15, -0.1) is 0 Å². The summed E-state index contributed by atoms with van der Waals surface area (Å²) in [4.78, 5) is 11.9. The molecular formula is C19H20BrIN2O2. The van der Waals surface area contributed by atoms with E-state index in [0.29, 0.717) is 5.92 Å². The normalized spacial score (nSPS) is 11.1. The van der Waals surface area contributed by atoms with Crippen molar-refractivity contribution in [2.75, 3.05) is 6.61 Å². The molecule has 0 unspecified atom stereocenters. The monoisotopic (exact) mass is 514 g/mol. The molecule has 0 fully saturated rings. The minimum atomic E-state index is -0.294. The van der Waals surface area contributed by atoms with Crippen molar-refractivity contribution in [2.45, 2.75) is 26.7 Å². The topological polar surface area (TPSA) is 50.7 Å². The number of hydrogen-bond donors (Lipinski definition) is 1. The molecule has 1 N–H and O–H groups in total. The van der Waals surface area contributed by atoms with E-state index in [1.807, 2.05) is 43.3 Å². The third-order valence-electron chi connectivity index (χ3n) is 3.52. The standard InChI is InChI=1S/C19H20BrIN2O2/c1-12(2)16-9-17(20)13(3)7-18(16)25-11-19(24)23-22-10-14-5-4-6-15(21)8-14/h4-10,12H,11H2,1-3H3,(H,23,24)/b22-10-. The highest BCUT2D eigenvalue weighted by atomic mass is 127. The average Bonchev–Trinajstić information content (AvgIpc) is 2.55. The highest BCUT2D eigenvalue weighted by molar-refractivity contribution is 14.1. The van der Waals surface area contributed by atoms with Crippen molar-refractivity contribution in [3.63, 3.8) is 0 Å². The van der Waals surface area contributed by atoms with Crippen molar-refractivity contribution < 1.29 is 9.53 Å². The third kappa shape index (κ3) is 6.11. The molecule has 0 bridgehead atoms. The molecule has 0 aliphatic rings. The van der Waals surface area contributed by atoms with Gasteiger partial charge in [-0.2, -0.15) is 5.10 Å². The Balaban J connectivity index is 1.95. The minimum absolute atomic E-state index is 0.0789. The maximum absolute atomic E-state index is 11.9. The van der Waals surface area contributed by atoms with Gasteiger partial charge in [-0.1, -0.05) is 41.9 Å². The van der Waals surface area contributed by atoms with Crippen molar-refractivity contribution in [1.29, 1.82) is 0 Å². The molecule has 0 spiro atoms. The number of hydrazone groups is 1. The summed E-state index contributed by atoms with van der Waals surface area (Å²) in [5, 5.41) is 3.97. The Morgan fingerprint density at radius 3 is 2.80 bits per heavy atom. The molecule has 0 radical (unpaired) electrons. The fourth-order valence-electron chi connectivity index (χ4n) is 2.19. The quantitative estimate of drug-likeness (QED) is 0.334. The molecule has 6 heteroatoms. The van der Waals surface area contributed by atoms with Gasteiger partial charge in [0.2, 0.25) is 0 Å². The fraction of sp³-hybridized carbons (Fsp3) is 0.263. The minimum Gasteiger partial charge on any atom is -0.483 e. The summed E-state index contributed by atoms with van der Waals surface area (Å²) in [5.74, 6) is 0.734. The molecule has 0 aliphatic heterocycles. The SMILES string of the molecule is Cc1cc(OCC(=O)N/N=C\c2cccc(I)c2)c(C(C)C)cc1Br. The van der Waals surface area contributed by atoms with Crippen LogP contribution in [-0.4, -0.2) is 18.7 Å². The van der Waals surface area contributed by atoms with Crippen molar-refractivity contribution in [2.24, 2.45) is 5.10 Å². The van der Waals surface area contributed by atoms with Crippen molar-refractivity contribution in [3.8, 4) is 5.75 Å². The van der Waals surface area contributed by atoms with E-state index in [1.54, 1.807) is 6.21 Å². The van der Waals surface area contributed by atoms with Crippen LogP contribution in [0.2, 0.25) is 0 Å². The van der Waals surface area contributed by atoms with Crippen LogP contribution in [0.3, 0.4) is 0 Å². The molecular weight excluding hydrogens is 495 g/mol. The summed E-state index contributed by atoms with van der Waals surface area (Å²) in [6.07, 6.45) is 1.61. The summed E-state index contributed by atoms with van der Waals surface area (Å²) < 4.78 is 7.86. The Morgan fingerprint density at radius 2 is 2.12 bits per heavy atom. The highest BCUT2D eigenvalue weighted by Crippen LogP contribution is 2.32. The maximum Gasteiger partial charge on any atom is 0.277 e. The van der Waals surface area contributed by atoms with E-state index in [4.69, 9.17) is 4.74 Å². The lowest BCUT2D eigenvalue weighted by molar-refractivity contribution is -0.123. The number of carbonyl (C=O) groups is 1. The number of rotatable bonds is 6. The zero-order valence-electron chi connectivity index (χ0n) is 14.3. The molecule has 0 aromatic heterocycles. The van der Waals surface area contributed by atoms with Gasteiger partial charge in [-0.25, -0.2) is 5.43 Å². The summed E-state index contributed by atoms with van der Waals surface area (Å²) in [7, 11) is 0. The summed E-state index contributed by atoms with van der Waals surface area (Å²) in [5.41, 5.74) is 5.55. The number of ether oxygens (including phenoxy) is 1. The van der Waals surface area contributed by atoms with Gasteiger partial charge in [0.15, 0.2) is 6.61 Å². The zero-order valence-corrected chi connectivity index (χ0v) is 18.1. The predicted molar refractivity (Wildman–Crippen MR) is 113 cm³/mol. The number of hydrogen-bond acceptors (Lipinski definition) is 3. The van der Waals surface area contributed by atoms with Gasteiger partial charge in [0.05, 0.1) is 6.21 Å². The summed E-state index contributed by atoms with van der Waals surface area (Å²) >= 11 is 5.77. The van der Waals surface area contributed by atoms with Crippen LogP contribution in [-0.2, 0) is 4.79 Å². The van der Waals surface area contributed by atoms with Crippen LogP contribution < -0.4 is 10.2 Å². The first-order chi connectivity index (χ1) is 11.9. The number of nitrogens with zero attached hydrogens (tertiary/aromatic N) is 1. The van der Waals surface area contributed by atoms with Gasteiger partial charge in [-0.05, 0) is 76.4 Å². The molecule has 2 rings (SSSR count). The second-order valence-corrected chi connectivity index (χ2v) is 8.03. The van der Waals surface area contributed by atoms with Crippen LogP contribution in [0.5, 0.6) is 5.75 Å². The van der Waals surface area contributed by atoms with Crippen LogP contribution in [0.4, 0.5) is 0 Å². The summed E-state index contributed by atoms with van der Waals surface area (Å²) in [6, 6.07) is 11.8. The van der Waals surface area contributed by atoms with E-state index in [2.05, 4.69) is 62.9 Å². The number of halogens is 2. The lowest BCUT2D eigenvalue weighted by Crippen LogP contribution is -2.25. The van der Waals surface area contributed by atoms with Crippen LogP contribution in [0.1, 0.15) is 36.5 Å². The third-order valence-corrected chi connectivity index (χ3v) is 5.05. The largest absolute Gasteiger partial charge is 0.483 e. The molecule has 2 aromatic rings. The molecule has 2 aromatic carbocycles. The van der Waals surface area contributed by atoms with Gasteiger partial charge in [0, 0.05) is 8.04 Å². The van der Waals surface area contributed by atoms with Crippen molar-refractivity contribution >= 4 is 50.6 Å². The number of benzene rings is 2. The first kappa shape index (κ1) is 19.9. The Morgan fingerprint density at radius 1 is 1.36 bits per heavy atom. The van der Waals surface area contributed by atoms with Crippen LogP contribution in [0.25, 0.3) is 0 Å². The lowest BCUT2D eigenvalue weighted by atomic mass is 10.0. The van der Waals surface area contributed by atoms with Gasteiger partial charge in [0.25, 0.3) is 5.91 Å². The zero-order chi connectivity index (χ0) is 18.4. The van der Waals surface area contributed by atoms with Gasteiger partial charge >= 0.3 is 0 Å². The van der Waals surface area contributed by atoms with Crippen LogP contribution in [0.15, 0.2) is 46.0 Å². The van der Waals surface area contributed by atoms with Crippen molar-refractivity contribution in [1.82, 2.24) is 5.43 Å². The first-order valence-corrected chi connectivity index (χ1v) is 9.74. The van der Waals surface area contributed by atoms with E-state index < -0.39 is 0 Å². The number of nitrogens with one attached hydrogen (secondary N) is 1. The van der Waals surface area contributed by atoms with E-state index in [9.17, 15) is 4.79 Å². The molecule has 132 valence electrons. The molecule has 25 heavy (non-hydrogen) atoms. The van der Waals surface area contributed by atoms with E-state index >= 15 is 0 Å². The lowest BCUT2D eigenvalue weighted by Gasteiger charge is -2.15. The summed E-state index contributed by atoms with van der Waals surface area (Å²) in [6.45, 7) is 6.10. The van der Waals surface area contributed by atoms with Gasteiger partial charge < -0.3 is 4.74 Å². The van der Waals surface area contributed by atoms with E-state index in [0.717, 1.165) is 30.5 Å². The molecule has 0 heterocycles. The molecule has 4 nitrogen and oxygen atoms in total. The first-order valence-electron chi connectivity index (χ1n) is 7.87. The van der Waals surface area contributed by atoms with Gasteiger partial charge in [0.1, 0.15) is 5.75 Å². The van der Waals surface area contributed by atoms with E-state index in [-0.39, 0.29) is 12.5 Å². The molecule has 0 saturated heterocycles. The number of carbonyl (C=O) groups excluding carboxylic acids is 1. The Kier molecular flexibility index (Phi) is 7.43. The Labute approximate surface area is 170 Å². The Hall–Kier alpha value is -1.41. The second kappa shape index (κ2) is 9.33. The molecule has 0 saturated carbocycles. The number of amides is 1. The fourth-order valence-corrected chi connectivity index (χ4v) is 3.12. The van der Waals surface area contributed by atoms with E-state index in [1.165, 1.54) is 0 Å². The van der Waals surface area contributed by atoms with Crippen molar-refractivity contribution in [3.05, 3.63) is 61.1 Å². The Bertz CT molecular complexity index is 791. The predicted octanol–water partition coefficient (Wildman–Crippen LogP) is 5.01. The van der Waals surface area contributed by atoms with Gasteiger partial charge in [-0.3, -0.25) is 4.79 Å². The molecule has 0 aliphatic carbocycles.